The zero-order valence-electron chi connectivity index (χ0n) is 17.2. The highest BCUT2D eigenvalue weighted by atomic mass is 16.2. The second-order valence-electron chi connectivity index (χ2n) is 7.36. The minimum Gasteiger partial charge on any atom is -0.321 e. The molecule has 0 unspecified atom stereocenters. The van der Waals surface area contributed by atoms with Crippen molar-refractivity contribution in [2.24, 2.45) is 4.99 Å². The van der Waals surface area contributed by atoms with Gasteiger partial charge in [-0.3, -0.25) is 9.59 Å². The number of nitrogens with one attached hydrogen (secondary N) is 1. The fourth-order valence-corrected chi connectivity index (χ4v) is 3.41. The van der Waals surface area contributed by atoms with Gasteiger partial charge in [0, 0.05) is 17.7 Å². The number of carbonyl (C=O) groups excluding carboxylic acids is 2. The number of hydrogen-bond donors (Lipinski definition) is 1. The van der Waals surface area contributed by atoms with E-state index in [1.165, 1.54) is 0 Å². The van der Waals surface area contributed by atoms with Gasteiger partial charge in [-0.25, -0.2) is 4.99 Å². The van der Waals surface area contributed by atoms with E-state index < -0.39 is 5.91 Å². The van der Waals surface area contributed by atoms with Crippen LogP contribution in [0, 0.1) is 6.92 Å². The predicted octanol–water partition coefficient (Wildman–Crippen LogP) is 5.61. The van der Waals surface area contributed by atoms with E-state index >= 15 is 0 Å². The Hall–Kier alpha value is -4.05. The first-order valence-corrected chi connectivity index (χ1v) is 10.1. The summed E-state index contributed by atoms with van der Waals surface area (Å²) in [5, 5.41) is 4.98. The van der Waals surface area contributed by atoms with Crippen LogP contribution in [0.3, 0.4) is 0 Å². The molecule has 4 aromatic rings. The number of aryl methyl sites for hydroxylation is 1. The van der Waals surface area contributed by atoms with E-state index in [0.717, 1.165) is 21.9 Å². The van der Waals surface area contributed by atoms with Crippen molar-refractivity contribution in [3.8, 4) is 0 Å². The monoisotopic (exact) mass is 406 g/mol. The summed E-state index contributed by atoms with van der Waals surface area (Å²) in [7, 11) is 0. The quantitative estimate of drug-likeness (QED) is 0.438. The number of nitrogens with zero attached hydrogens (tertiary/aromatic N) is 1. The fourth-order valence-electron chi connectivity index (χ4n) is 3.41. The molecule has 2 amide bonds. The molecule has 0 bridgehead atoms. The Morgan fingerprint density at radius 2 is 1.45 bits per heavy atom. The second-order valence-corrected chi connectivity index (χ2v) is 7.36. The SMILES string of the molecule is Cc1ccc(NC(=O)C(Cc2cccc3ccccc23)=NC(=O)c2ccccc2)cc1. The molecule has 0 aromatic heterocycles. The molecule has 0 spiro atoms. The number of amides is 2. The van der Waals surface area contributed by atoms with Gasteiger partial charge in [-0.2, -0.15) is 0 Å². The molecule has 0 saturated carbocycles. The van der Waals surface area contributed by atoms with Crippen molar-refractivity contribution in [1.29, 1.82) is 0 Å². The number of hydrogen-bond acceptors (Lipinski definition) is 2. The van der Waals surface area contributed by atoms with Gasteiger partial charge in [-0.1, -0.05) is 78.4 Å². The summed E-state index contributed by atoms with van der Waals surface area (Å²) in [6, 6.07) is 30.2. The molecular formula is C27H22N2O2. The number of fused-ring (bicyclic) bond motifs is 1. The minimum absolute atomic E-state index is 0.172. The molecule has 0 aliphatic heterocycles. The molecule has 4 rings (SSSR count). The molecule has 0 saturated heterocycles. The lowest BCUT2D eigenvalue weighted by molar-refractivity contribution is -0.110. The van der Waals surface area contributed by atoms with Gasteiger partial charge in [0.05, 0.1) is 0 Å². The first-order valence-electron chi connectivity index (χ1n) is 10.1. The Balaban J connectivity index is 1.69. The normalized spacial score (nSPS) is 11.3. The van der Waals surface area contributed by atoms with Crippen LogP contribution in [0.5, 0.6) is 0 Å². The highest BCUT2D eigenvalue weighted by molar-refractivity contribution is 6.45. The molecule has 0 heterocycles. The van der Waals surface area contributed by atoms with Crippen LogP contribution in [0.15, 0.2) is 102 Å². The Kier molecular flexibility index (Phi) is 5.99. The van der Waals surface area contributed by atoms with E-state index in [0.29, 0.717) is 11.3 Å². The maximum Gasteiger partial charge on any atom is 0.277 e. The number of aliphatic imine (C=N–C) groups is 1. The van der Waals surface area contributed by atoms with E-state index in [1.54, 1.807) is 24.3 Å². The summed E-state index contributed by atoms with van der Waals surface area (Å²) < 4.78 is 0. The first-order chi connectivity index (χ1) is 15.1. The lowest BCUT2D eigenvalue weighted by Crippen LogP contribution is -2.26. The second kappa shape index (κ2) is 9.18. The van der Waals surface area contributed by atoms with Gasteiger partial charge >= 0.3 is 0 Å². The van der Waals surface area contributed by atoms with Gasteiger partial charge in [0.25, 0.3) is 11.8 Å². The molecule has 0 aliphatic carbocycles. The molecule has 152 valence electrons. The third-order valence-corrected chi connectivity index (χ3v) is 5.07. The minimum atomic E-state index is -0.435. The molecule has 4 nitrogen and oxygen atoms in total. The van der Waals surface area contributed by atoms with Gasteiger partial charge in [-0.15, -0.1) is 0 Å². The first kappa shape index (κ1) is 20.2. The molecule has 4 aromatic carbocycles. The van der Waals surface area contributed by atoms with Gasteiger partial charge in [0.2, 0.25) is 0 Å². The van der Waals surface area contributed by atoms with Crippen LogP contribution in [-0.2, 0) is 11.2 Å². The van der Waals surface area contributed by atoms with Crippen LogP contribution in [0.25, 0.3) is 10.8 Å². The van der Waals surface area contributed by atoms with Crippen molar-refractivity contribution in [3.63, 3.8) is 0 Å². The van der Waals surface area contributed by atoms with E-state index in [4.69, 9.17) is 0 Å². The van der Waals surface area contributed by atoms with Gasteiger partial charge in [0.1, 0.15) is 5.71 Å². The standard InChI is InChI=1S/C27H22N2O2/c1-19-14-16-23(17-15-19)28-27(31)25(29-26(30)21-9-3-2-4-10-21)18-22-12-7-11-20-8-5-6-13-24(20)22/h2-17H,18H2,1H3,(H,28,31). The molecule has 4 heteroatoms. The van der Waals surface area contributed by atoms with Crippen LogP contribution in [0.4, 0.5) is 5.69 Å². The highest BCUT2D eigenvalue weighted by Crippen LogP contribution is 2.20. The third-order valence-electron chi connectivity index (χ3n) is 5.07. The van der Waals surface area contributed by atoms with Crippen molar-refractivity contribution in [2.75, 3.05) is 5.32 Å². The molecule has 0 atom stereocenters. The summed E-state index contributed by atoms with van der Waals surface area (Å²) in [4.78, 5) is 30.1. The largest absolute Gasteiger partial charge is 0.321 e. The van der Waals surface area contributed by atoms with Gasteiger partial charge in [0.15, 0.2) is 0 Å². The van der Waals surface area contributed by atoms with E-state index in [-0.39, 0.29) is 18.0 Å². The Morgan fingerprint density at radius 3 is 2.23 bits per heavy atom. The smallest absolute Gasteiger partial charge is 0.277 e. The average Bonchev–Trinajstić information content (AvgIpc) is 2.81. The highest BCUT2D eigenvalue weighted by Gasteiger charge is 2.17. The Morgan fingerprint density at radius 1 is 0.774 bits per heavy atom. The maximum atomic E-state index is 13.1. The molecule has 0 radical (unpaired) electrons. The van der Waals surface area contributed by atoms with E-state index in [9.17, 15) is 9.59 Å². The number of anilines is 1. The molecule has 0 aliphatic rings. The average molecular weight is 406 g/mol. The predicted molar refractivity (Wildman–Crippen MR) is 126 cm³/mol. The maximum absolute atomic E-state index is 13.1. The molecular weight excluding hydrogens is 384 g/mol. The molecule has 1 N–H and O–H groups in total. The number of benzene rings is 4. The van der Waals surface area contributed by atoms with Crippen molar-refractivity contribution in [2.45, 2.75) is 13.3 Å². The van der Waals surface area contributed by atoms with Crippen molar-refractivity contribution >= 4 is 34.0 Å². The van der Waals surface area contributed by atoms with Crippen molar-refractivity contribution < 1.29 is 9.59 Å². The molecule has 31 heavy (non-hydrogen) atoms. The van der Waals surface area contributed by atoms with Gasteiger partial charge in [-0.05, 0) is 47.5 Å². The topological polar surface area (TPSA) is 58.5 Å². The zero-order valence-corrected chi connectivity index (χ0v) is 17.2. The summed E-state index contributed by atoms with van der Waals surface area (Å²) >= 11 is 0. The zero-order chi connectivity index (χ0) is 21.6. The summed E-state index contributed by atoms with van der Waals surface area (Å²) in [5.74, 6) is -0.823. The fraction of sp³-hybridized carbons (Fsp3) is 0.0741. The van der Waals surface area contributed by atoms with Crippen LogP contribution in [0.2, 0.25) is 0 Å². The van der Waals surface area contributed by atoms with Gasteiger partial charge < -0.3 is 5.32 Å². The van der Waals surface area contributed by atoms with E-state index in [2.05, 4.69) is 10.3 Å². The van der Waals surface area contributed by atoms with Crippen molar-refractivity contribution in [1.82, 2.24) is 0 Å². The summed E-state index contributed by atoms with van der Waals surface area (Å²) in [5.41, 5.74) is 3.32. The lowest BCUT2D eigenvalue weighted by Gasteiger charge is -2.11. The number of rotatable bonds is 5. The van der Waals surface area contributed by atoms with Crippen LogP contribution < -0.4 is 5.32 Å². The Labute approximate surface area is 181 Å². The van der Waals surface area contributed by atoms with E-state index in [1.807, 2.05) is 79.7 Å². The van der Waals surface area contributed by atoms with Crippen LogP contribution >= 0.6 is 0 Å². The third kappa shape index (κ3) is 4.93. The van der Waals surface area contributed by atoms with Crippen LogP contribution in [0.1, 0.15) is 21.5 Å². The molecule has 0 fully saturated rings. The lowest BCUT2D eigenvalue weighted by atomic mass is 9.99. The van der Waals surface area contributed by atoms with Crippen LogP contribution in [-0.4, -0.2) is 17.5 Å². The summed E-state index contributed by atoms with van der Waals surface area (Å²) in [6.07, 6.45) is 0.248. The Bertz CT molecular complexity index is 1250. The summed E-state index contributed by atoms with van der Waals surface area (Å²) in [6.45, 7) is 1.98. The van der Waals surface area contributed by atoms with Crippen molar-refractivity contribution in [3.05, 3.63) is 114 Å². The number of carbonyl (C=O) groups is 2.